The standard InChI is InChI=1S/C12H14ClNO4/c1-8(12(16)14-7-11(15)17-2)18-10-6-4-3-5-9(10)13/h3-6,8H,7H2,1-2H3,(H,14,16). The second-order valence-electron chi connectivity index (χ2n) is 3.48. The molecule has 0 heterocycles. The van der Waals surface area contributed by atoms with Crippen LogP contribution in [-0.2, 0) is 14.3 Å². The van der Waals surface area contributed by atoms with Crippen LogP contribution in [-0.4, -0.2) is 31.6 Å². The molecule has 1 amide bonds. The maximum absolute atomic E-state index is 11.6. The molecule has 0 aliphatic rings. The summed E-state index contributed by atoms with van der Waals surface area (Å²) < 4.78 is 9.78. The lowest BCUT2D eigenvalue weighted by Crippen LogP contribution is -2.39. The van der Waals surface area contributed by atoms with Crippen LogP contribution in [0.2, 0.25) is 5.02 Å². The Morgan fingerprint density at radius 1 is 1.39 bits per heavy atom. The van der Waals surface area contributed by atoms with Crippen molar-refractivity contribution >= 4 is 23.5 Å². The molecule has 1 aromatic rings. The van der Waals surface area contributed by atoms with Crippen molar-refractivity contribution in [3.8, 4) is 5.75 Å². The Labute approximate surface area is 110 Å². The highest BCUT2D eigenvalue weighted by Gasteiger charge is 2.16. The van der Waals surface area contributed by atoms with Crippen LogP contribution in [0, 0.1) is 0 Å². The smallest absolute Gasteiger partial charge is 0.325 e. The van der Waals surface area contributed by atoms with Crippen LogP contribution in [0.5, 0.6) is 5.75 Å². The van der Waals surface area contributed by atoms with E-state index in [9.17, 15) is 9.59 Å². The molecule has 1 atom stereocenters. The van der Waals surface area contributed by atoms with Gasteiger partial charge in [0.25, 0.3) is 5.91 Å². The summed E-state index contributed by atoms with van der Waals surface area (Å²) in [7, 11) is 1.25. The number of ether oxygens (including phenoxy) is 2. The Morgan fingerprint density at radius 2 is 2.06 bits per heavy atom. The summed E-state index contributed by atoms with van der Waals surface area (Å²) in [5.74, 6) is -0.520. The Kier molecular flexibility index (Phi) is 5.45. The molecule has 0 aliphatic heterocycles. The molecule has 0 aliphatic carbocycles. The number of methoxy groups -OCH3 is 1. The van der Waals surface area contributed by atoms with Gasteiger partial charge >= 0.3 is 5.97 Å². The van der Waals surface area contributed by atoms with Crippen molar-refractivity contribution in [1.29, 1.82) is 0 Å². The third-order valence-electron chi connectivity index (χ3n) is 2.14. The van der Waals surface area contributed by atoms with Gasteiger partial charge in [0.15, 0.2) is 6.10 Å². The van der Waals surface area contributed by atoms with E-state index in [0.717, 1.165) is 0 Å². The first-order valence-electron chi connectivity index (χ1n) is 5.30. The predicted octanol–water partition coefficient (Wildman–Crippen LogP) is 1.40. The number of nitrogens with one attached hydrogen (secondary N) is 1. The monoisotopic (exact) mass is 271 g/mol. The zero-order valence-electron chi connectivity index (χ0n) is 10.1. The van der Waals surface area contributed by atoms with Gasteiger partial charge in [-0.3, -0.25) is 9.59 Å². The highest BCUT2D eigenvalue weighted by Crippen LogP contribution is 2.24. The minimum atomic E-state index is -0.755. The Bertz CT molecular complexity index is 436. The van der Waals surface area contributed by atoms with Crippen LogP contribution in [0.3, 0.4) is 0 Å². The summed E-state index contributed by atoms with van der Waals surface area (Å²) in [4.78, 5) is 22.4. The maximum atomic E-state index is 11.6. The maximum Gasteiger partial charge on any atom is 0.325 e. The molecule has 0 fully saturated rings. The van der Waals surface area contributed by atoms with Gasteiger partial charge in [0.1, 0.15) is 12.3 Å². The number of halogens is 1. The van der Waals surface area contributed by atoms with E-state index in [4.69, 9.17) is 16.3 Å². The number of hydrogen-bond donors (Lipinski definition) is 1. The molecule has 6 heteroatoms. The van der Waals surface area contributed by atoms with Crippen LogP contribution < -0.4 is 10.1 Å². The molecule has 1 rings (SSSR count). The lowest BCUT2D eigenvalue weighted by Gasteiger charge is -2.15. The van der Waals surface area contributed by atoms with Gasteiger partial charge in [0, 0.05) is 0 Å². The van der Waals surface area contributed by atoms with Crippen LogP contribution in [0.1, 0.15) is 6.92 Å². The van der Waals surface area contributed by atoms with Crippen molar-refractivity contribution < 1.29 is 19.1 Å². The first-order valence-corrected chi connectivity index (χ1v) is 5.68. The number of benzene rings is 1. The minimum absolute atomic E-state index is 0.189. The molecule has 0 bridgehead atoms. The Balaban J connectivity index is 2.50. The van der Waals surface area contributed by atoms with Gasteiger partial charge in [0.2, 0.25) is 0 Å². The van der Waals surface area contributed by atoms with Gasteiger partial charge in [-0.2, -0.15) is 0 Å². The van der Waals surface area contributed by atoms with E-state index in [1.807, 2.05) is 0 Å². The van der Waals surface area contributed by atoms with E-state index in [-0.39, 0.29) is 6.54 Å². The van der Waals surface area contributed by atoms with E-state index < -0.39 is 18.0 Å². The summed E-state index contributed by atoms with van der Waals surface area (Å²) in [6.07, 6.45) is -0.755. The molecule has 1 N–H and O–H groups in total. The van der Waals surface area contributed by atoms with Gasteiger partial charge in [-0.1, -0.05) is 23.7 Å². The molecule has 1 unspecified atom stereocenters. The van der Waals surface area contributed by atoms with Gasteiger partial charge < -0.3 is 14.8 Å². The Hall–Kier alpha value is -1.75. The van der Waals surface area contributed by atoms with Crippen molar-refractivity contribution in [3.63, 3.8) is 0 Å². The summed E-state index contributed by atoms with van der Waals surface area (Å²) in [6.45, 7) is 1.38. The fraction of sp³-hybridized carbons (Fsp3) is 0.333. The molecule has 98 valence electrons. The fourth-order valence-electron chi connectivity index (χ4n) is 1.16. The second kappa shape index (κ2) is 6.86. The third-order valence-corrected chi connectivity index (χ3v) is 2.46. The molecule has 0 spiro atoms. The molecular formula is C12H14ClNO4. The van der Waals surface area contributed by atoms with E-state index in [2.05, 4.69) is 10.1 Å². The highest BCUT2D eigenvalue weighted by atomic mass is 35.5. The normalized spacial score (nSPS) is 11.5. The number of carbonyl (C=O) groups is 2. The average Bonchev–Trinajstić information content (AvgIpc) is 2.38. The SMILES string of the molecule is COC(=O)CNC(=O)C(C)Oc1ccccc1Cl. The van der Waals surface area contributed by atoms with Crippen LogP contribution in [0.15, 0.2) is 24.3 Å². The van der Waals surface area contributed by atoms with Crippen LogP contribution in [0.25, 0.3) is 0 Å². The first kappa shape index (κ1) is 14.3. The first-order chi connectivity index (χ1) is 8.54. The second-order valence-corrected chi connectivity index (χ2v) is 3.89. The molecular weight excluding hydrogens is 258 g/mol. The van der Waals surface area contributed by atoms with Crippen molar-refractivity contribution in [2.45, 2.75) is 13.0 Å². The number of carbonyl (C=O) groups excluding carboxylic acids is 2. The fourth-order valence-corrected chi connectivity index (χ4v) is 1.34. The number of esters is 1. The number of para-hydroxylation sites is 1. The van der Waals surface area contributed by atoms with E-state index in [0.29, 0.717) is 10.8 Å². The van der Waals surface area contributed by atoms with Crippen LogP contribution in [0.4, 0.5) is 0 Å². The largest absolute Gasteiger partial charge is 0.479 e. The molecule has 5 nitrogen and oxygen atoms in total. The molecule has 0 saturated carbocycles. The number of rotatable bonds is 5. The van der Waals surface area contributed by atoms with Crippen molar-refractivity contribution in [2.24, 2.45) is 0 Å². The molecule has 0 saturated heterocycles. The topological polar surface area (TPSA) is 64.6 Å². The van der Waals surface area contributed by atoms with Gasteiger partial charge in [-0.15, -0.1) is 0 Å². The number of hydrogen-bond acceptors (Lipinski definition) is 4. The summed E-state index contributed by atoms with van der Waals surface area (Å²) in [6, 6.07) is 6.83. The summed E-state index contributed by atoms with van der Waals surface area (Å²) in [5, 5.41) is 2.81. The lowest BCUT2D eigenvalue weighted by molar-refractivity contribution is -0.141. The van der Waals surface area contributed by atoms with Crippen molar-refractivity contribution in [1.82, 2.24) is 5.32 Å². The summed E-state index contributed by atoms with van der Waals surface area (Å²) >= 11 is 5.89. The summed E-state index contributed by atoms with van der Waals surface area (Å²) in [5.41, 5.74) is 0. The average molecular weight is 272 g/mol. The van der Waals surface area contributed by atoms with E-state index in [1.165, 1.54) is 7.11 Å². The van der Waals surface area contributed by atoms with Gasteiger partial charge in [-0.25, -0.2) is 0 Å². The molecule has 0 aromatic heterocycles. The molecule has 1 aromatic carbocycles. The van der Waals surface area contributed by atoms with Gasteiger partial charge in [-0.05, 0) is 19.1 Å². The predicted molar refractivity (Wildman–Crippen MR) is 66.6 cm³/mol. The highest BCUT2D eigenvalue weighted by molar-refractivity contribution is 6.32. The lowest BCUT2D eigenvalue weighted by atomic mass is 10.3. The van der Waals surface area contributed by atoms with E-state index >= 15 is 0 Å². The third kappa shape index (κ3) is 4.25. The van der Waals surface area contributed by atoms with Crippen molar-refractivity contribution in [3.05, 3.63) is 29.3 Å². The molecule has 18 heavy (non-hydrogen) atoms. The minimum Gasteiger partial charge on any atom is -0.479 e. The van der Waals surface area contributed by atoms with E-state index in [1.54, 1.807) is 31.2 Å². The molecule has 0 radical (unpaired) electrons. The Morgan fingerprint density at radius 3 is 2.67 bits per heavy atom. The van der Waals surface area contributed by atoms with Gasteiger partial charge in [0.05, 0.1) is 12.1 Å². The quantitative estimate of drug-likeness (QED) is 0.822. The van der Waals surface area contributed by atoms with Crippen LogP contribution >= 0.6 is 11.6 Å². The number of amides is 1. The zero-order valence-corrected chi connectivity index (χ0v) is 10.9. The van der Waals surface area contributed by atoms with Crippen molar-refractivity contribution in [2.75, 3.05) is 13.7 Å². The zero-order chi connectivity index (χ0) is 13.5.